The van der Waals surface area contributed by atoms with Crippen molar-refractivity contribution in [1.82, 2.24) is 0 Å². The molecule has 1 atom stereocenters. The first-order valence-corrected chi connectivity index (χ1v) is 4.78. The van der Waals surface area contributed by atoms with Crippen LogP contribution >= 0.6 is 0 Å². The van der Waals surface area contributed by atoms with Gasteiger partial charge in [0.2, 0.25) is 0 Å². The van der Waals surface area contributed by atoms with Gasteiger partial charge in [0.1, 0.15) is 0 Å². The smallest absolute Gasteiger partial charge is 0.0340 e. The molecule has 0 aromatic heterocycles. The van der Waals surface area contributed by atoms with Crippen LogP contribution in [-0.2, 0) is 0 Å². The zero-order valence-electron chi connectivity index (χ0n) is 8.38. The van der Waals surface area contributed by atoms with E-state index in [4.69, 9.17) is 5.73 Å². The second-order valence-electron chi connectivity index (χ2n) is 3.42. The number of nitrogens with one attached hydrogen (secondary N) is 1. The summed E-state index contributed by atoms with van der Waals surface area (Å²) in [4.78, 5) is 0. The molecule has 3 N–H and O–H groups in total. The Morgan fingerprint density at radius 2 is 1.92 bits per heavy atom. The van der Waals surface area contributed by atoms with Gasteiger partial charge in [-0.3, -0.25) is 0 Å². The van der Waals surface area contributed by atoms with Crippen LogP contribution in [0, 0.1) is 6.92 Å². The number of anilines is 1. The van der Waals surface area contributed by atoms with Crippen molar-refractivity contribution in [3.63, 3.8) is 0 Å². The van der Waals surface area contributed by atoms with Gasteiger partial charge in [0.15, 0.2) is 0 Å². The molecule has 2 heteroatoms. The standard InChI is InChI=1S/C11H18N2/c1-3-10(12)8-13-11-6-4-9(2)5-7-11/h4-7,10,13H,3,8,12H2,1-2H3. The first kappa shape index (κ1) is 10.1. The molecular formula is C11H18N2. The molecule has 2 nitrogen and oxygen atoms in total. The second kappa shape index (κ2) is 4.87. The van der Waals surface area contributed by atoms with E-state index in [1.165, 1.54) is 5.56 Å². The maximum atomic E-state index is 5.79. The van der Waals surface area contributed by atoms with E-state index in [9.17, 15) is 0 Å². The van der Waals surface area contributed by atoms with Crippen LogP contribution in [-0.4, -0.2) is 12.6 Å². The van der Waals surface area contributed by atoms with Crippen molar-refractivity contribution < 1.29 is 0 Å². The largest absolute Gasteiger partial charge is 0.383 e. The Bertz CT molecular complexity index is 241. The minimum absolute atomic E-state index is 0.251. The van der Waals surface area contributed by atoms with E-state index in [1.54, 1.807) is 0 Å². The molecule has 0 bridgehead atoms. The lowest BCUT2D eigenvalue weighted by Crippen LogP contribution is -2.27. The van der Waals surface area contributed by atoms with Gasteiger partial charge in [-0.05, 0) is 25.5 Å². The summed E-state index contributed by atoms with van der Waals surface area (Å²) >= 11 is 0. The van der Waals surface area contributed by atoms with Crippen LogP contribution in [0.15, 0.2) is 24.3 Å². The van der Waals surface area contributed by atoms with Crippen LogP contribution in [0.4, 0.5) is 5.69 Å². The highest BCUT2D eigenvalue weighted by molar-refractivity contribution is 5.44. The summed E-state index contributed by atoms with van der Waals surface area (Å²) in [5.41, 5.74) is 8.22. The first-order valence-electron chi connectivity index (χ1n) is 4.78. The molecule has 13 heavy (non-hydrogen) atoms. The van der Waals surface area contributed by atoms with Crippen molar-refractivity contribution in [2.75, 3.05) is 11.9 Å². The Hall–Kier alpha value is -1.02. The summed E-state index contributed by atoms with van der Waals surface area (Å²) in [6, 6.07) is 8.61. The van der Waals surface area contributed by atoms with Gasteiger partial charge >= 0.3 is 0 Å². The zero-order valence-corrected chi connectivity index (χ0v) is 8.38. The molecule has 0 aliphatic rings. The van der Waals surface area contributed by atoms with Crippen LogP contribution in [0.1, 0.15) is 18.9 Å². The lowest BCUT2D eigenvalue weighted by Gasteiger charge is -2.11. The summed E-state index contributed by atoms with van der Waals surface area (Å²) in [5.74, 6) is 0. The fourth-order valence-corrected chi connectivity index (χ4v) is 1.06. The molecule has 1 aromatic carbocycles. The molecule has 0 aliphatic heterocycles. The Labute approximate surface area is 80.1 Å². The molecule has 0 saturated carbocycles. The monoisotopic (exact) mass is 178 g/mol. The summed E-state index contributed by atoms with van der Waals surface area (Å²) in [5, 5.41) is 3.30. The SMILES string of the molecule is CCC(N)CNc1ccc(C)cc1. The van der Waals surface area contributed by atoms with Crippen molar-refractivity contribution in [2.45, 2.75) is 26.3 Å². The highest BCUT2D eigenvalue weighted by Crippen LogP contribution is 2.08. The lowest BCUT2D eigenvalue weighted by atomic mass is 10.2. The van der Waals surface area contributed by atoms with Gasteiger partial charge < -0.3 is 11.1 Å². The van der Waals surface area contributed by atoms with Gasteiger partial charge in [-0.1, -0.05) is 24.6 Å². The number of aryl methyl sites for hydroxylation is 1. The van der Waals surface area contributed by atoms with Gasteiger partial charge in [0.25, 0.3) is 0 Å². The number of hydrogen-bond acceptors (Lipinski definition) is 2. The molecular weight excluding hydrogens is 160 g/mol. The topological polar surface area (TPSA) is 38.0 Å². The van der Waals surface area contributed by atoms with Crippen molar-refractivity contribution in [2.24, 2.45) is 5.73 Å². The Kier molecular flexibility index (Phi) is 3.77. The molecule has 72 valence electrons. The van der Waals surface area contributed by atoms with Crippen molar-refractivity contribution in [3.8, 4) is 0 Å². The molecule has 0 saturated heterocycles. The van der Waals surface area contributed by atoms with Gasteiger partial charge in [-0.15, -0.1) is 0 Å². The molecule has 0 heterocycles. The minimum atomic E-state index is 0.251. The third kappa shape index (κ3) is 3.47. The molecule has 1 rings (SSSR count). The molecule has 0 amide bonds. The van der Waals surface area contributed by atoms with Crippen LogP contribution in [0.2, 0.25) is 0 Å². The third-order valence-electron chi connectivity index (χ3n) is 2.14. The third-order valence-corrected chi connectivity index (χ3v) is 2.14. The number of rotatable bonds is 4. The number of nitrogens with two attached hydrogens (primary N) is 1. The fraction of sp³-hybridized carbons (Fsp3) is 0.455. The number of hydrogen-bond donors (Lipinski definition) is 2. The normalized spacial score (nSPS) is 12.5. The summed E-state index contributed by atoms with van der Waals surface area (Å²) in [6.45, 7) is 5.03. The highest BCUT2D eigenvalue weighted by atomic mass is 14.9. The van der Waals surface area contributed by atoms with Gasteiger partial charge in [-0.2, -0.15) is 0 Å². The molecule has 0 fully saturated rings. The number of benzene rings is 1. The van der Waals surface area contributed by atoms with Crippen LogP contribution in [0.25, 0.3) is 0 Å². The average molecular weight is 178 g/mol. The summed E-state index contributed by atoms with van der Waals surface area (Å²) in [6.07, 6.45) is 1.01. The lowest BCUT2D eigenvalue weighted by molar-refractivity contribution is 0.679. The fourth-order valence-electron chi connectivity index (χ4n) is 1.06. The van der Waals surface area contributed by atoms with Crippen molar-refractivity contribution in [3.05, 3.63) is 29.8 Å². The first-order chi connectivity index (χ1) is 6.22. The maximum absolute atomic E-state index is 5.79. The molecule has 1 aromatic rings. The maximum Gasteiger partial charge on any atom is 0.0340 e. The van der Waals surface area contributed by atoms with E-state index in [2.05, 4.69) is 43.4 Å². The Morgan fingerprint density at radius 3 is 2.46 bits per heavy atom. The summed E-state index contributed by atoms with van der Waals surface area (Å²) in [7, 11) is 0. The summed E-state index contributed by atoms with van der Waals surface area (Å²) < 4.78 is 0. The van der Waals surface area contributed by atoms with E-state index >= 15 is 0 Å². The van der Waals surface area contributed by atoms with E-state index in [-0.39, 0.29) is 6.04 Å². The zero-order chi connectivity index (χ0) is 9.68. The Morgan fingerprint density at radius 1 is 1.31 bits per heavy atom. The van der Waals surface area contributed by atoms with Crippen molar-refractivity contribution in [1.29, 1.82) is 0 Å². The minimum Gasteiger partial charge on any atom is -0.383 e. The molecule has 0 spiro atoms. The van der Waals surface area contributed by atoms with Crippen LogP contribution < -0.4 is 11.1 Å². The van der Waals surface area contributed by atoms with Gasteiger partial charge in [-0.25, -0.2) is 0 Å². The van der Waals surface area contributed by atoms with Crippen LogP contribution in [0.5, 0.6) is 0 Å². The van der Waals surface area contributed by atoms with Gasteiger partial charge in [0, 0.05) is 18.3 Å². The van der Waals surface area contributed by atoms with Crippen LogP contribution in [0.3, 0.4) is 0 Å². The highest BCUT2D eigenvalue weighted by Gasteiger charge is 1.97. The molecule has 0 radical (unpaired) electrons. The Balaban J connectivity index is 2.41. The van der Waals surface area contributed by atoms with E-state index < -0.39 is 0 Å². The second-order valence-corrected chi connectivity index (χ2v) is 3.42. The molecule has 0 aliphatic carbocycles. The predicted octanol–water partition coefficient (Wildman–Crippen LogP) is 2.14. The average Bonchev–Trinajstić information content (AvgIpc) is 2.16. The molecule has 1 unspecified atom stereocenters. The van der Waals surface area contributed by atoms with Crippen molar-refractivity contribution >= 4 is 5.69 Å². The van der Waals surface area contributed by atoms with Gasteiger partial charge in [0.05, 0.1) is 0 Å². The quantitative estimate of drug-likeness (QED) is 0.741. The van der Waals surface area contributed by atoms with E-state index in [1.807, 2.05) is 0 Å². The van der Waals surface area contributed by atoms with E-state index in [0.717, 1.165) is 18.7 Å². The van der Waals surface area contributed by atoms with E-state index in [0.29, 0.717) is 0 Å². The predicted molar refractivity (Wildman–Crippen MR) is 57.9 cm³/mol.